The van der Waals surface area contributed by atoms with Gasteiger partial charge in [-0.05, 0) is 25.8 Å². The van der Waals surface area contributed by atoms with E-state index in [4.69, 9.17) is 6.42 Å². The molecule has 1 aliphatic heterocycles. The number of nitrogens with zero attached hydrogens (tertiary/aromatic N) is 1. The Morgan fingerprint density at radius 1 is 1.40 bits per heavy atom. The van der Waals surface area contributed by atoms with E-state index in [1.165, 1.54) is 19.3 Å². The first kappa shape index (κ1) is 12.5. The summed E-state index contributed by atoms with van der Waals surface area (Å²) in [4.78, 5) is 2.47. The number of rotatable bonds is 5. The third kappa shape index (κ3) is 3.85. The monoisotopic (exact) mass is 208 g/mol. The minimum Gasteiger partial charge on any atom is -0.314 e. The van der Waals surface area contributed by atoms with Crippen LogP contribution in [0.2, 0.25) is 0 Å². The van der Waals surface area contributed by atoms with Gasteiger partial charge in [-0.2, -0.15) is 0 Å². The van der Waals surface area contributed by atoms with Gasteiger partial charge in [-0.1, -0.05) is 26.2 Å². The van der Waals surface area contributed by atoms with Crippen LogP contribution in [0.3, 0.4) is 0 Å². The van der Waals surface area contributed by atoms with E-state index >= 15 is 0 Å². The first-order valence-electron chi connectivity index (χ1n) is 6.25. The summed E-state index contributed by atoms with van der Waals surface area (Å²) in [5.41, 5.74) is 0. The smallest absolute Gasteiger partial charge is 0.0711 e. The van der Waals surface area contributed by atoms with Crippen LogP contribution < -0.4 is 5.32 Å². The Morgan fingerprint density at radius 3 is 2.53 bits per heavy atom. The highest BCUT2D eigenvalue weighted by Crippen LogP contribution is 2.15. The van der Waals surface area contributed by atoms with E-state index in [1.54, 1.807) is 0 Å². The standard InChI is InChI=1S/C13H24N2/c1-4-7-13(5-2)15-10-8-12(9-11-15)14-6-3/h2,12-14H,4,6-11H2,1,3H3. The van der Waals surface area contributed by atoms with Gasteiger partial charge in [0.1, 0.15) is 0 Å². The second kappa shape index (κ2) is 6.87. The van der Waals surface area contributed by atoms with Crippen molar-refractivity contribution in [3.05, 3.63) is 0 Å². The molecule has 1 atom stereocenters. The number of likely N-dealkylation sites (tertiary alicyclic amines) is 1. The van der Waals surface area contributed by atoms with Crippen molar-refractivity contribution in [3.63, 3.8) is 0 Å². The van der Waals surface area contributed by atoms with Gasteiger partial charge in [-0.3, -0.25) is 4.90 Å². The maximum absolute atomic E-state index is 5.58. The molecule has 0 saturated carbocycles. The summed E-state index contributed by atoms with van der Waals surface area (Å²) < 4.78 is 0. The molecule has 15 heavy (non-hydrogen) atoms. The van der Waals surface area contributed by atoms with Crippen LogP contribution in [-0.2, 0) is 0 Å². The number of nitrogens with one attached hydrogen (secondary N) is 1. The van der Waals surface area contributed by atoms with Crippen LogP contribution in [0.1, 0.15) is 39.5 Å². The molecule has 0 radical (unpaired) electrons. The summed E-state index contributed by atoms with van der Waals surface area (Å²) >= 11 is 0. The third-order valence-electron chi connectivity index (χ3n) is 3.22. The zero-order chi connectivity index (χ0) is 11.1. The molecule has 0 amide bonds. The first-order valence-corrected chi connectivity index (χ1v) is 6.25. The van der Waals surface area contributed by atoms with Crippen LogP contribution in [0.25, 0.3) is 0 Å². The summed E-state index contributed by atoms with van der Waals surface area (Å²) in [5, 5.41) is 3.52. The predicted molar refractivity (Wildman–Crippen MR) is 65.8 cm³/mol. The van der Waals surface area contributed by atoms with Crippen molar-refractivity contribution in [1.29, 1.82) is 0 Å². The third-order valence-corrected chi connectivity index (χ3v) is 3.22. The largest absolute Gasteiger partial charge is 0.314 e. The van der Waals surface area contributed by atoms with Gasteiger partial charge in [0, 0.05) is 19.1 Å². The van der Waals surface area contributed by atoms with Crippen molar-refractivity contribution in [3.8, 4) is 12.3 Å². The van der Waals surface area contributed by atoms with E-state index in [0.717, 1.165) is 26.1 Å². The second-order valence-corrected chi connectivity index (χ2v) is 4.34. The van der Waals surface area contributed by atoms with E-state index in [0.29, 0.717) is 12.1 Å². The highest BCUT2D eigenvalue weighted by Gasteiger charge is 2.22. The lowest BCUT2D eigenvalue weighted by Crippen LogP contribution is -2.46. The summed E-state index contributed by atoms with van der Waals surface area (Å²) in [5.74, 6) is 2.93. The molecule has 1 aliphatic rings. The molecule has 1 rings (SSSR count). The number of terminal acetylenes is 1. The molecule has 0 spiro atoms. The Morgan fingerprint density at radius 2 is 2.07 bits per heavy atom. The molecule has 1 N–H and O–H groups in total. The van der Waals surface area contributed by atoms with Gasteiger partial charge in [0.25, 0.3) is 0 Å². The molecular formula is C13H24N2. The van der Waals surface area contributed by atoms with Gasteiger partial charge in [0.15, 0.2) is 0 Å². The Balaban J connectivity index is 2.32. The molecule has 1 unspecified atom stereocenters. The van der Waals surface area contributed by atoms with Crippen LogP contribution in [0.4, 0.5) is 0 Å². The van der Waals surface area contributed by atoms with E-state index in [2.05, 4.69) is 30.0 Å². The molecule has 1 heterocycles. The van der Waals surface area contributed by atoms with Crippen LogP contribution in [0, 0.1) is 12.3 Å². The molecule has 86 valence electrons. The van der Waals surface area contributed by atoms with Crippen molar-refractivity contribution in [2.45, 2.75) is 51.6 Å². The number of hydrogen-bond acceptors (Lipinski definition) is 2. The fourth-order valence-electron chi connectivity index (χ4n) is 2.35. The molecule has 0 aliphatic carbocycles. The molecular weight excluding hydrogens is 184 g/mol. The molecule has 0 aromatic heterocycles. The molecule has 2 heteroatoms. The molecule has 0 aromatic rings. The average molecular weight is 208 g/mol. The zero-order valence-electron chi connectivity index (χ0n) is 10.1. The van der Waals surface area contributed by atoms with E-state index in [1.807, 2.05) is 0 Å². The second-order valence-electron chi connectivity index (χ2n) is 4.34. The molecule has 0 bridgehead atoms. The average Bonchev–Trinajstić information content (AvgIpc) is 2.28. The normalized spacial score (nSPS) is 21.1. The van der Waals surface area contributed by atoms with Gasteiger partial charge in [0.05, 0.1) is 6.04 Å². The topological polar surface area (TPSA) is 15.3 Å². The van der Waals surface area contributed by atoms with Crippen molar-refractivity contribution in [2.75, 3.05) is 19.6 Å². The maximum Gasteiger partial charge on any atom is 0.0711 e. The predicted octanol–water partition coefficient (Wildman–Crippen LogP) is 1.86. The Hall–Kier alpha value is -0.520. The van der Waals surface area contributed by atoms with E-state index in [9.17, 15) is 0 Å². The highest BCUT2D eigenvalue weighted by atomic mass is 15.2. The summed E-state index contributed by atoms with van der Waals surface area (Å²) in [6.45, 7) is 7.78. The summed E-state index contributed by atoms with van der Waals surface area (Å²) in [7, 11) is 0. The Bertz CT molecular complexity index is 199. The lowest BCUT2D eigenvalue weighted by atomic mass is 10.0. The van der Waals surface area contributed by atoms with Crippen LogP contribution in [0.5, 0.6) is 0 Å². The van der Waals surface area contributed by atoms with Gasteiger partial charge in [-0.15, -0.1) is 6.42 Å². The van der Waals surface area contributed by atoms with Gasteiger partial charge >= 0.3 is 0 Å². The van der Waals surface area contributed by atoms with E-state index < -0.39 is 0 Å². The van der Waals surface area contributed by atoms with Crippen LogP contribution in [0.15, 0.2) is 0 Å². The quantitative estimate of drug-likeness (QED) is 0.694. The molecule has 1 fully saturated rings. The first-order chi connectivity index (χ1) is 7.31. The van der Waals surface area contributed by atoms with Crippen molar-refractivity contribution in [1.82, 2.24) is 10.2 Å². The summed E-state index contributed by atoms with van der Waals surface area (Å²) in [6, 6.07) is 1.09. The van der Waals surface area contributed by atoms with Crippen molar-refractivity contribution in [2.24, 2.45) is 0 Å². The SMILES string of the molecule is C#CC(CCC)N1CCC(NCC)CC1. The van der Waals surface area contributed by atoms with Gasteiger partial charge in [0.2, 0.25) is 0 Å². The lowest BCUT2D eigenvalue weighted by molar-refractivity contribution is 0.165. The van der Waals surface area contributed by atoms with Crippen molar-refractivity contribution >= 4 is 0 Å². The number of hydrogen-bond donors (Lipinski definition) is 1. The van der Waals surface area contributed by atoms with Gasteiger partial charge < -0.3 is 5.32 Å². The van der Waals surface area contributed by atoms with Crippen LogP contribution in [-0.4, -0.2) is 36.6 Å². The van der Waals surface area contributed by atoms with Gasteiger partial charge in [-0.25, -0.2) is 0 Å². The minimum absolute atomic E-state index is 0.373. The Kier molecular flexibility index (Phi) is 5.75. The maximum atomic E-state index is 5.58. The molecule has 2 nitrogen and oxygen atoms in total. The zero-order valence-corrected chi connectivity index (χ0v) is 10.1. The fraction of sp³-hybridized carbons (Fsp3) is 0.846. The lowest BCUT2D eigenvalue weighted by Gasteiger charge is -2.35. The Labute approximate surface area is 94.4 Å². The summed E-state index contributed by atoms with van der Waals surface area (Å²) in [6.07, 6.45) is 10.4. The van der Waals surface area contributed by atoms with Crippen LogP contribution >= 0.6 is 0 Å². The highest BCUT2D eigenvalue weighted by molar-refractivity contribution is 5.00. The molecule has 0 aromatic carbocycles. The van der Waals surface area contributed by atoms with E-state index in [-0.39, 0.29) is 0 Å². The minimum atomic E-state index is 0.373. The molecule has 1 saturated heterocycles. The number of piperidine rings is 1. The van der Waals surface area contributed by atoms with Crippen molar-refractivity contribution < 1.29 is 0 Å². The fourth-order valence-corrected chi connectivity index (χ4v) is 2.35.